The van der Waals surface area contributed by atoms with Gasteiger partial charge in [-0.3, -0.25) is 4.79 Å². The van der Waals surface area contributed by atoms with Gasteiger partial charge < -0.3 is 15.2 Å². The lowest BCUT2D eigenvalue weighted by Gasteiger charge is -2.29. The lowest BCUT2D eigenvalue weighted by atomic mass is 9.83. The molecule has 0 aliphatic carbocycles. The zero-order valence-corrected chi connectivity index (χ0v) is 20.2. The topological polar surface area (TPSA) is 75.6 Å². The summed E-state index contributed by atoms with van der Waals surface area (Å²) in [6, 6.07) is 10.8. The molecule has 39 heavy (non-hydrogen) atoms. The van der Waals surface area contributed by atoms with Gasteiger partial charge in [0.25, 0.3) is 5.91 Å². The highest BCUT2D eigenvalue weighted by Crippen LogP contribution is 2.37. The predicted molar refractivity (Wildman–Crippen MR) is 126 cm³/mol. The largest absolute Gasteiger partial charge is 0.573 e. The van der Waals surface area contributed by atoms with E-state index in [1.807, 2.05) is 6.92 Å². The Balaban J connectivity index is 2.03. The Morgan fingerprint density at radius 1 is 0.897 bits per heavy atom. The van der Waals surface area contributed by atoms with Gasteiger partial charge in [-0.2, -0.15) is 13.2 Å². The zero-order valence-electron chi connectivity index (χ0n) is 20.2. The first kappa shape index (κ1) is 29.5. The molecule has 2 unspecified atom stereocenters. The average Bonchev–Trinajstić information content (AvgIpc) is 2.85. The minimum Gasteiger partial charge on any atom is -0.478 e. The zero-order chi connectivity index (χ0) is 29.0. The third-order valence-corrected chi connectivity index (χ3v) is 5.89. The molecule has 2 N–H and O–H groups in total. The highest BCUT2D eigenvalue weighted by atomic mass is 19.4. The number of carboxylic acids is 1. The molecule has 0 spiro atoms. The van der Waals surface area contributed by atoms with Crippen molar-refractivity contribution in [3.05, 3.63) is 100 Å². The van der Waals surface area contributed by atoms with Crippen LogP contribution in [0.1, 0.15) is 69.1 Å². The molecule has 0 fully saturated rings. The number of benzene rings is 3. The van der Waals surface area contributed by atoms with E-state index in [9.17, 15) is 45.4 Å². The second-order valence-corrected chi connectivity index (χ2v) is 8.58. The number of amides is 1. The van der Waals surface area contributed by atoms with Gasteiger partial charge in [0, 0.05) is 5.92 Å². The van der Waals surface area contributed by atoms with Crippen LogP contribution in [0.5, 0.6) is 5.75 Å². The number of nitrogens with one attached hydrogen (secondary N) is 1. The third-order valence-electron chi connectivity index (χ3n) is 5.89. The van der Waals surface area contributed by atoms with E-state index in [1.165, 1.54) is 36.4 Å². The van der Waals surface area contributed by atoms with Gasteiger partial charge in [-0.05, 0) is 60.0 Å². The lowest BCUT2D eigenvalue weighted by molar-refractivity contribution is -0.274. The molecule has 5 nitrogen and oxygen atoms in total. The molecule has 0 radical (unpaired) electrons. The summed E-state index contributed by atoms with van der Waals surface area (Å²) in [4.78, 5) is 24.3. The van der Waals surface area contributed by atoms with Gasteiger partial charge in [0.1, 0.15) is 11.6 Å². The Bertz CT molecular complexity index is 1300. The standard InChI is InChI=1S/C27H22F7NO4/c1-2-3-20(15-4-6-17(7-5-15)25(37)38)23(16-8-11-19(12-9-16)39-27(32,33)34)35-24(36)21-13-10-18(14-22(21)28)26(29,30)31/h4-14,20,23H,2-3H2,1H3,(H,35,36)(H,37,38). The van der Waals surface area contributed by atoms with Crippen molar-refractivity contribution in [3.8, 4) is 5.75 Å². The fourth-order valence-electron chi connectivity index (χ4n) is 4.10. The first-order valence-corrected chi connectivity index (χ1v) is 11.6. The average molecular weight is 557 g/mol. The number of carbonyl (C=O) groups is 2. The molecule has 208 valence electrons. The van der Waals surface area contributed by atoms with Crippen molar-refractivity contribution >= 4 is 11.9 Å². The van der Waals surface area contributed by atoms with Gasteiger partial charge in [0.15, 0.2) is 0 Å². The van der Waals surface area contributed by atoms with Crippen LogP contribution in [0.3, 0.4) is 0 Å². The fourth-order valence-corrected chi connectivity index (χ4v) is 4.10. The number of hydrogen-bond acceptors (Lipinski definition) is 3. The number of ether oxygens (including phenoxy) is 1. The number of halogens is 7. The van der Waals surface area contributed by atoms with Gasteiger partial charge in [-0.15, -0.1) is 13.2 Å². The second kappa shape index (κ2) is 11.7. The maximum Gasteiger partial charge on any atom is 0.573 e. The Morgan fingerprint density at radius 3 is 1.97 bits per heavy atom. The number of carboxylic acid groups (broad SMARTS) is 1. The highest BCUT2D eigenvalue weighted by molar-refractivity contribution is 5.95. The smallest absolute Gasteiger partial charge is 0.478 e. The first-order valence-electron chi connectivity index (χ1n) is 11.6. The molecule has 0 heterocycles. The molecule has 0 aliphatic heterocycles. The van der Waals surface area contributed by atoms with Gasteiger partial charge >= 0.3 is 18.5 Å². The van der Waals surface area contributed by atoms with Crippen LogP contribution in [0.4, 0.5) is 30.7 Å². The van der Waals surface area contributed by atoms with Crippen molar-refractivity contribution in [2.24, 2.45) is 0 Å². The number of alkyl halides is 6. The SMILES string of the molecule is CCCC(c1ccc(C(=O)O)cc1)C(NC(=O)c1ccc(C(F)(F)F)cc1F)c1ccc(OC(F)(F)F)cc1. The summed E-state index contributed by atoms with van der Waals surface area (Å²) >= 11 is 0. The molecule has 0 aliphatic rings. The molecular weight excluding hydrogens is 535 g/mol. The summed E-state index contributed by atoms with van der Waals surface area (Å²) in [6.07, 6.45) is -8.81. The normalized spacial score (nSPS) is 13.4. The van der Waals surface area contributed by atoms with E-state index >= 15 is 0 Å². The highest BCUT2D eigenvalue weighted by Gasteiger charge is 2.33. The Morgan fingerprint density at radius 2 is 1.49 bits per heavy atom. The number of rotatable bonds is 9. The molecule has 3 aromatic carbocycles. The molecular formula is C27H22F7NO4. The van der Waals surface area contributed by atoms with E-state index < -0.39 is 59.1 Å². The number of hydrogen-bond donors (Lipinski definition) is 2. The third kappa shape index (κ3) is 7.71. The Hall–Kier alpha value is -4.09. The molecule has 0 aromatic heterocycles. The summed E-state index contributed by atoms with van der Waals surface area (Å²) in [5.41, 5.74) is -1.09. The predicted octanol–water partition coefficient (Wildman–Crippen LogP) is 7.50. The maximum absolute atomic E-state index is 14.5. The van der Waals surface area contributed by atoms with Crippen LogP contribution in [0, 0.1) is 5.82 Å². The summed E-state index contributed by atoms with van der Waals surface area (Å²) < 4.78 is 95.1. The molecule has 1 amide bonds. The van der Waals surface area contributed by atoms with Crippen molar-refractivity contribution < 1.29 is 50.2 Å². The van der Waals surface area contributed by atoms with E-state index in [-0.39, 0.29) is 11.6 Å². The van der Waals surface area contributed by atoms with Crippen molar-refractivity contribution in [2.45, 2.75) is 44.3 Å². The fraction of sp³-hybridized carbons (Fsp3) is 0.259. The molecule has 0 saturated carbocycles. The quantitative estimate of drug-likeness (QED) is 0.267. The van der Waals surface area contributed by atoms with E-state index in [0.29, 0.717) is 36.1 Å². The Labute approximate surface area is 218 Å². The molecule has 3 aromatic rings. The van der Waals surface area contributed by atoms with Crippen molar-refractivity contribution in [1.82, 2.24) is 5.32 Å². The van der Waals surface area contributed by atoms with Crippen LogP contribution >= 0.6 is 0 Å². The minimum atomic E-state index is -4.94. The van der Waals surface area contributed by atoms with Crippen LogP contribution in [0.2, 0.25) is 0 Å². The lowest BCUT2D eigenvalue weighted by Crippen LogP contribution is -2.33. The van der Waals surface area contributed by atoms with Crippen LogP contribution in [-0.4, -0.2) is 23.3 Å². The molecule has 2 atom stereocenters. The van der Waals surface area contributed by atoms with Crippen molar-refractivity contribution in [1.29, 1.82) is 0 Å². The van der Waals surface area contributed by atoms with E-state index in [1.54, 1.807) is 0 Å². The summed E-state index contributed by atoms with van der Waals surface area (Å²) in [5.74, 6) is -4.73. The van der Waals surface area contributed by atoms with Gasteiger partial charge in [0.05, 0.1) is 22.7 Å². The maximum atomic E-state index is 14.5. The van der Waals surface area contributed by atoms with Gasteiger partial charge in [0.2, 0.25) is 0 Å². The monoisotopic (exact) mass is 557 g/mol. The first-order chi connectivity index (χ1) is 18.2. The van der Waals surface area contributed by atoms with Gasteiger partial charge in [-0.25, -0.2) is 9.18 Å². The molecule has 3 rings (SSSR count). The second-order valence-electron chi connectivity index (χ2n) is 8.58. The van der Waals surface area contributed by atoms with Gasteiger partial charge in [-0.1, -0.05) is 37.6 Å². The summed E-state index contributed by atoms with van der Waals surface area (Å²) in [7, 11) is 0. The number of carbonyl (C=O) groups excluding carboxylic acids is 1. The number of aromatic carboxylic acids is 1. The van der Waals surface area contributed by atoms with E-state index in [2.05, 4.69) is 10.1 Å². The minimum absolute atomic E-state index is 0.00457. The summed E-state index contributed by atoms with van der Waals surface area (Å²) in [5, 5.41) is 11.8. The Kier molecular flexibility index (Phi) is 8.88. The van der Waals surface area contributed by atoms with Crippen LogP contribution in [0.15, 0.2) is 66.7 Å². The van der Waals surface area contributed by atoms with Crippen LogP contribution in [0.25, 0.3) is 0 Å². The molecule has 0 saturated heterocycles. The molecule has 12 heteroatoms. The molecule has 0 bridgehead atoms. The van der Waals surface area contributed by atoms with Crippen molar-refractivity contribution in [3.63, 3.8) is 0 Å². The van der Waals surface area contributed by atoms with Crippen molar-refractivity contribution in [2.75, 3.05) is 0 Å². The van der Waals surface area contributed by atoms with Crippen LogP contribution in [-0.2, 0) is 6.18 Å². The van der Waals surface area contributed by atoms with E-state index in [4.69, 9.17) is 0 Å². The summed E-state index contributed by atoms with van der Waals surface area (Å²) in [6.45, 7) is 1.83. The van der Waals surface area contributed by atoms with Crippen LogP contribution < -0.4 is 10.1 Å². The van der Waals surface area contributed by atoms with E-state index in [0.717, 1.165) is 12.1 Å².